The molecule has 2 heterocycles. The van der Waals surface area contributed by atoms with Gasteiger partial charge in [0.1, 0.15) is 0 Å². The summed E-state index contributed by atoms with van der Waals surface area (Å²) < 4.78 is 22.5. The van der Waals surface area contributed by atoms with Crippen molar-refractivity contribution in [1.29, 1.82) is 0 Å². The van der Waals surface area contributed by atoms with Gasteiger partial charge in [-0.2, -0.15) is 0 Å². The van der Waals surface area contributed by atoms with Gasteiger partial charge in [-0.15, -0.1) is 0 Å². The molecule has 0 saturated carbocycles. The quantitative estimate of drug-likeness (QED) is 0.644. The molecule has 0 aliphatic carbocycles. The Morgan fingerprint density at radius 2 is 2.07 bits per heavy atom. The normalized spacial score (nSPS) is 36.6. The van der Waals surface area contributed by atoms with E-state index in [0.717, 1.165) is 6.42 Å². The van der Waals surface area contributed by atoms with E-state index in [0.29, 0.717) is 13.0 Å². The number of amides is 1. The smallest absolute Gasteiger partial charge is 0.236 e. The highest BCUT2D eigenvalue weighted by molar-refractivity contribution is 9.10. The molecule has 2 unspecified atom stereocenters. The monoisotopic (exact) mass is 281 g/mol. The fourth-order valence-electron chi connectivity index (χ4n) is 2.05. The van der Waals surface area contributed by atoms with Gasteiger partial charge in [0.05, 0.1) is 16.3 Å². The van der Waals surface area contributed by atoms with Crippen LogP contribution in [0.3, 0.4) is 0 Å². The van der Waals surface area contributed by atoms with Gasteiger partial charge in [0, 0.05) is 12.6 Å². The van der Waals surface area contributed by atoms with E-state index in [9.17, 15) is 13.2 Å². The molecule has 2 saturated heterocycles. The molecule has 0 radical (unpaired) electrons. The third-order valence-corrected chi connectivity index (χ3v) is 5.42. The number of likely N-dealkylation sites (tertiary alicyclic amines) is 1. The summed E-state index contributed by atoms with van der Waals surface area (Å²) in [6.45, 7) is 0.689. The van der Waals surface area contributed by atoms with Crippen LogP contribution >= 0.6 is 15.9 Å². The second-order valence-electron chi connectivity index (χ2n) is 3.84. The van der Waals surface area contributed by atoms with Crippen LogP contribution in [0.4, 0.5) is 0 Å². The first-order valence-corrected chi connectivity index (χ1v) is 7.38. The van der Waals surface area contributed by atoms with Gasteiger partial charge in [0.15, 0.2) is 9.84 Å². The first kappa shape index (κ1) is 10.4. The average Bonchev–Trinajstić information content (AvgIpc) is 2.59. The van der Waals surface area contributed by atoms with E-state index in [1.165, 1.54) is 0 Å². The number of rotatable bonds is 1. The van der Waals surface area contributed by atoms with Crippen molar-refractivity contribution in [2.24, 2.45) is 0 Å². The van der Waals surface area contributed by atoms with Crippen LogP contribution in [0.1, 0.15) is 12.8 Å². The Kier molecular flexibility index (Phi) is 2.59. The van der Waals surface area contributed by atoms with Crippen LogP contribution < -0.4 is 0 Å². The standard InChI is InChI=1S/C8H12BrNO3S/c9-7-1-3-10(8(7)11)6-2-4-14(12,13)5-6/h6-7H,1-5H2. The van der Waals surface area contributed by atoms with Crippen molar-refractivity contribution in [2.45, 2.75) is 23.7 Å². The van der Waals surface area contributed by atoms with Gasteiger partial charge in [-0.25, -0.2) is 8.42 Å². The molecule has 0 aromatic rings. The van der Waals surface area contributed by atoms with Gasteiger partial charge >= 0.3 is 0 Å². The predicted octanol–water partition coefficient (Wildman–Crippen LogP) is 0.169. The Hall–Kier alpha value is -0.100. The average molecular weight is 282 g/mol. The van der Waals surface area contributed by atoms with E-state index in [1.54, 1.807) is 4.90 Å². The number of nitrogens with zero attached hydrogens (tertiary/aromatic N) is 1. The Morgan fingerprint density at radius 1 is 1.36 bits per heavy atom. The lowest BCUT2D eigenvalue weighted by molar-refractivity contribution is -0.128. The third-order valence-electron chi connectivity index (χ3n) is 2.82. The lowest BCUT2D eigenvalue weighted by Crippen LogP contribution is -2.38. The molecular weight excluding hydrogens is 270 g/mol. The highest BCUT2D eigenvalue weighted by Crippen LogP contribution is 2.25. The second kappa shape index (κ2) is 3.48. The van der Waals surface area contributed by atoms with Crippen LogP contribution in [0.15, 0.2) is 0 Å². The van der Waals surface area contributed by atoms with E-state index >= 15 is 0 Å². The summed E-state index contributed by atoms with van der Waals surface area (Å²) in [6, 6.07) is -0.0740. The minimum absolute atomic E-state index is 0.0482. The van der Waals surface area contributed by atoms with Crippen molar-refractivity contribution in [3.63, 3.8) is 0 Å². The maximum absolute atomic E-state index is 11.6. The molecule has 0 N–H and O–H groups in total. The number of carbonyl (C=O) groups excluding carboxylic acids is 1. The largest absolute Gasteiger partial charge is 0.338 e. The Morgan fingerprint density at radius 3 is 2.50 bits per heavy atom. The van der Waals surface area contributed by atoms with E-state index < -0.39 is 9.84 Å². The summed E-state index contributed by atoms with van der Waals surface area (Å²) in [5.74, 6) is 0.430. The maximum Gasteiger partial charge on any atom is 0.236 e. The van der Waals surface area contributed by atoms with Crippen LogP contribution in [0.2, 0.25) is 0 Å². The van der Waals surface area contributed by atoms with Gasteiger partial charge in [-0.05, 0) is 12.8 Å². The minimum Gasteiger partial charge on any atom is -0.338 e. The van der Waals surface area contributed by atoms with Crippen molar-refractivity contribution < 1.29 is 13.2 Å². The molecular formula is C8H12BrNO3S. The van der Waals surface area contributed by atoms with E-state index in [2.05, 4.69) is 15.9 Å². The minimum atomic E-state index is -2.88. The molecule has 2 aliphatic rings. The van der Waals surface area contributed by atoms with Crippen LogP contribution in [0, 0.1) is 0 Å². The molecule has 2 atom stereocenters. The molecule has 2 aliphatic heterocycles. The maximum atomic E-state index is 11.6. The van der Waals surface area contributed by atoms with Crippen molar-refractivity contribution in [2.75, 3.05) is 18.1 Å². The first-order chi connectivity index (χ1) is 6.49. The van der Waals surface area contributed by atoms with Gasteiger partial charge in [0.25, 0.3) is 0 Å². The highest BCUT2D eigenvalue weighted by Gasteiger charge is 2.39. The zero-order valence-corrected chi connectivity index (χ0v) is 10.1. The molecule has 0 spiro atoms. The molecule has 14 heavy (non-hydrogen) atoms. The van der Waals surface area contributed by atoms with Gasteiger partial charge in [-0.1, -0.05) is 15.9 Å². The topological polar surface area (TPSA) is 54.5 Å². The predicted molar refractivity (Wildman–Crippen MR) is 56.1 cm³/mol. The fraction of sp³-hybridized carbons (Fsp3) is 0.875. The van der Waals surface area contributed by atoms with Crippen molar-refractivity contribution >= 4 is 31.7 Å². The summed E-state index contributed by atoms with van der Waals surface area (Å²) in [5, 5.41) is 0. The van der Waals surface area contributed by atoms with Gasteiger partial charge in [-0.3, -0.25) is 4.79 Å². The van der Waals surface area contributed by atoms with Crippen LogP contribution in [0.25, 0.3) is 0 Å². The van der Waals surface area contributed by atoms with Crippen molar-refractivity contribution in [3.05, 3.63) is 0 Å². The summed E-state index contributed by atoms with van der Waals surface area (Å²) in [6.07, 6.45) is 1.39. The number of alkyl halides is 1. The molecule has 0 aromatic carbocycles. The zero-order chi connectivity index (χ0) is 10.3. The molecule has 2 rings (SSSR count). The van der Waals surface area contributed by atoms with Crippen LogP contribution in [-0.4, -0.2) is 48.1 Å². The molecule has 0 bridgehead atoms. The Bertz CT molecular complexity index is 354. The van der Waals surface area contributed by atoms with E-state index in [-0.39, 0.29) is 28.3 Å². The van der Waals surface area contributed by atoms with Crippen LogP contribution in [-0.2, 0) is 14.6 Å². The van der Waals surface area contributed by atoms with Gasteiger partial charge in [0.2, 0.25) is 5.91 Å². The number of hydrogen-bond acceptors (Lipinski definition) is 3. The molecule has 1 amide bonds. The van der Waals surface area contributed by atoms with Crippen molar-refractivity contribution in [3.8, 4) is 0 Å². The van der Waals surface area contributed by atoms with E-state index in [4.69, 9.17) is 0 Å². The summed E-state index contributed by atoms with van der Waals surface area (Å²) in [5.41, 5.74) is 0. The Balaban J connectivity index is 2.08. The number of sulfone groups is 1. The zero-order valence-electron chi connectivity index (χ0n) is 7.65. The first-order valence-electron chi connectivity index (χ1n) is 4.64. The third kappa shape index (κ3) is 1.82. The molecule has 4 nitrogen and oxygen atoms in total. The number of halogens is 1. The molecule has 80 valence electrons. The lowest BCUT2D eigenvalue weighted by atomic mass is 10.2. The lowest BCUT2D eigenvalue weighted by Gasteiger charge is -2.22. The number of carbonyl (C=O) groups is 1. The van der Waals surface area contributed by atoms with E-state index in [1.807, 2.05) is 0 Å². The second-order valence-corrected chi connectivity index (χ2v) is 7.18. The summed E-state index contributed by atoms with van der Waals surface area (Å²) in [7, 11) is -2.88. The molecule has 0 aromatic heterocycles. The number of hydrogen-bond donors (Lipinski definition) is 0. The highest BCUT2D eigenvalue weighted by atomic mass is 79.9. The Labute approximate surface area is 91.7 Å². The fourth-order valence-corrected chi connectivity index (χ4v) is 4.25. The SMILES string of the molecule is O=C1C(Br)CCN1C1CCS(=O)(=O)C1. The van der Waals surface area contributed by atoms with Crippen LogP contribution in [0.5, 0.6) is 0 Å². The molecule has 6 heteroatoms. The summed E-state index contributed by atoms with van der Waals surface area (Å²) in [4.78, 5) is 13.2. The summed E-state index contributed by atoms with van der Waals surface area (Å²) >= 11 is 3.28. The molecule has 2 fully saturated rings. The van der Waals surface area contributed by atoms with Crippen molar-refractivity contribution in [1.82, 2.24) is 4.90 Å². The van der Waals surface area contributed by atoms with Gasteiger partial charge < -0.3 is 4.90 Å².